The van der Waals surface area contributed by atoms with E-state index in [1.807, 2.05) is 0 Å². The Bertz CT molecular complexity index is 210. The van der Waals surface area contributed by atoms with Crippen LogP contribution in [0.1, 0.15) is 10.4 Å². The topological polar surface area (TPSA) is 30.0 Å². The fourth-order valence-corrected chi connectivity index (χ4v) is 0.587. The van der Waals surface area contributed by atoms with Gasteiger partial charge in [-0.25, -0.2) is 0 Å². The van der Waals surface area contributed by atoms with Gasteiger partial charge in [0.25, 0.3) is 0 Å². The van der Waals surface area contributed by atoms with Gasteiger partial charge in [0.1, 0.15) is 5.68 Å². The van der Waals surface area contributed by atoms with Crippen LogP contribution in [0.5, 0.6) is 0 Å². The molecule has 1 heterocycles. The Hall–Kier alpha value is -1.12. The van der Waals surface area contributed by atoms with Crippen molar-refractivity contribution < 1.29 is 4.79 Å². The van der Waals surface area contributed by atoms with Crippen LogP contribution in [-0.2, 0) is 0 Å². The van der Waals surface area contributed by atoms with Gasteiger partial charge in [-0.2, -0.15) is 0 Å². The predicted octanol–water partition coefficient (Wildman–Crippen LogP) is -0.145. The molecule has 0 atom stereocenters. The van der Waals surface area contributed by atoms with Gasteiger partial charge in [0.2, 0.25) is 0 Å². The average molecular weight is 119 g/mol. The van der Waals surface area contributed by atoms with Gasteiger partial charge >= 0.3 is 0 Å². The van der Waals surface area contributed by atoms with Crippen molar-refractivity contribution in [2.24, 2.45) is 0 Å². The monoisotopic (exact) mass is 119 g/mol. The number of aromatic nitrogens is 1. The van der Waals surface area contributed by atoms with Crippen LogP contribution in [-0.4, -0.2) is 18.5 Å². The van der Waals surface area contributed by atoms with E-state index in [2.05, 4.69) is 4.98 Å². The minimum atomic E-state index is 0.0809. The normalized spacial score (nSPS) is 8.89. The summed E-state index contributed by atoms with van der Waals surface area (Å²) in [4.78, 5) is 14.4. The number of pyridine rings is 1. The Morgan fingerprint density at radius 2 is 2.00 bits per heavy atom. The summed E-state index contributed by atoms with van der Waals surface area (Å²) in [7, 11) is 1.54. The number of carbonyl (C=O) groups excluding carboxylic acids is 1. The van der Waals surface area contributed by atoms with Crippen molar-refractivity contribution in [2.75, 3.05) is 0 Å². The number of hydrogen-bond donors (Lipinski definition) is 0. The van der Waals surface area contributed by atoms with E-state index in [0.717, 1.165) is 0 Å². The highest BCUT2D eigenvalue weighted by Crippen LogP contribution is 1.93. The van der Waals surface area contributed by atoms with E-state index < -0.39 is 0 Å². The summed E-state index contributed by atoms with van der Waals surface area (Å²) in [5.41, 5.74) is 0.794. The van der Waals surface area contributed by atoms with E-state index in [0.29, 0.717) is 5.56 Å². The molecule has 0 fully saturated rings. The summed E-state index contributed by atoms with van der Waals surface area (Å²) in [5, 5.41) is 0. The quantitative estimate of drug-likeness (QED) is 0.481. The molecular weight excluding hydrogens is 113 g/mol. The van der Waals surface area contributed by atoms with E-state index in [1.165, 1.54) is 7.85 Å². The van der Waals surface area contributed by atoms with Gasteiger partial charge in [0, 0.05) is 18.0 Å². The van der Waals surface area contributed by atoms with Gasteiger partial charge in [-0.15, -0.1) is 0 Å². The molecule has 44 valence electrons. The van der Waals surface area contributed by atoms with Gasteiger partial charge in [-0.1, -0.05) is 0 Å². The standard InChI is InChI=1S/C6H6BNO/c7-6(9)5-1-3-8-4-2-5/h1-4H,7H2. The number of rotatable bonds is 1. The van der Waals surface area contributed by atoms with Crippen molar-refractivity contribution >= 4 is 13.5 Å². The molecule has 0 saturated heterocycles. The van der Waals surface area contributed by atoms with Crippen LogP contribution in [0.25, 0.3) is 0 Å². The molecule has 0 amide bonds. The third-order valence-corrected chi connectivity index (χ3v) is 1.09. The van der Waals surface area contributed by atoms with E-state index >= 15 is 0 Å². The van der Waals surface area contributed by atoms with Crippen molar-refractivity contribution in [1.82, 2.24) is 4.98 Å². The number of nitrogens with zero attached hydrogens (tertiary/aromatic N) is 1. The average Bonchev–Trinajstić information content (AvgIpc) is 1.90. The lowest BCUT2D eigenvalue weighted by Gasteiger charge is -1.89. The largest absolute Gasteiger partial charge is 0.307 e. The SMILES string of the molecule is BC(=O)c1ccncc1. The maximum Gasteiger partial charge on any atom is 0.193 e. The lowest BCUT2D eigenvalue weighted by atomic mass is 9.96. The zero-order valence-electron chi connectivity index (χ0n) is 5.16. The van der Waals surface area contributed by atoms with E-state index in [-0.39, 0.29) is 5.68 Å². The van der Waals surface area contributed by atoms with Crippen LogP contribution in [0.4, 0.5) is 0 Å². The Morgan fingerprint density at radius 3 is 2.33 bits per heavy atom. The van der Waals surface area contributed by atoms with E-state index in [1.54, 1.807) is 24.5 Å². The second kappa shape index (κ2) is 2.44. The second-order valence-corrected chi connectivity index (χ2v) is 1.79. The van der Waals surface area contributed by atoms with Gasteiger partial charge in [0.05, 0.1) is 0 Å². The van der Waals surface area contributed by atoms with Crippen LogP contribution in [0.2, 0.25) is 0 Å². The molecule has 0 saturated carbocycles. The molecule has 3 heteroatoms. The molecule has 0 N–H and O–H groups in total. The molecule has 0 aliphatic heterocycles. The summed E-state index contributed by atoms with van der Waals surface area (Å²) >= 11 is 0. The number of carbonyl (C=O) groups is 1. The van der Waals surface area contributed by atoms with Gasteiger partial charge < -0.3 is 4.79 Å². The van der Waals surface area contributed by atoms with Crippen molar-refractivity contribution in [1.29, 1.82) is 0 Å². The van der Waals surface area contributed by atoms with Crippen molar-refractivity contribution in [3.05, 3.63) is 30.1 Å². The van der Waals surface area contributed by atoms with Gasteiger partial charge in [0.15, 0.2) is 7.85 Å². The first-order valence-electron chi connectivity index (χ1n) is 2.71. The molecular formula is C6H6BNO. The zero-order chi connectivity index (χ0) is 6.69. The fraction of sp³-hybridized carbons (Fsp3) is 0. The highest BCUT2D eigenvalue weighted by molar-refractivity contribution is 6.62. The molecule has 0 spiro atoms. The third kappa shape index (κ3) is 1.39. The first-order chi connectivity index (χ1) is 4.30. The maximum absolute atomic E-state index is 10.6. The molecule has 1 aromatic rings. The minimum absolute atomic E-state index is 0.0809. The van der Waals surface area contributed by atoms with Crippen molar-refractivity contribution in [3.63, 3.8) is 0 Å². The van der Waals surface area contributed by atoms with E-state index in [9.17, 15) is 4.79 Å². The molecule has 9 heavy (non-hydrogen) atoms. The Labute approximate surface area is 54.3 Å². The van der Waals surface area contributed by atoms with Crippen LogP contribution in [0, 0.1) is 0 Å². The molecule has 0 unspecified atom stereocenters. The first kappa shape index (κ1) is 6.01. The predicted molar refractivity (Wildman–Crippen MR) is 37.1 cm³/mol. The molecule has 0 aliphatic rings. The Kier molecular flexibility index (Phi) is 1.63. The lowest BCUT2D eigenvalue weighted by Crippen LogP contribution is -1.95. The highest BCUT2D eigenvalue weighted by Gasteiger charge is 1.93. The smallest absolute Gasteiger partial charge is 0.193 e. The highest BCUT2D eigenvalue weighted by atomic mass is 16.1. The fourth-order valence-electron chi connectivity index (χ4n) is 0.587. The molecule has 0 radical (unpaired) electrons. The Balaban J connectivity index is 2.98. The minimum Gasteiger partial charge on any atom is -0.307 e. The molecule has 1 rings (SSSR count). The van der Waals surface area contributed by atoms with Crippen molar-refractivity contribution in [3.8, 4) is 0 Å². The molecule has 0 aliphatic carbocycles. The first-order valence-corrected chi connectivity index (χ1v) is 2.71. The number of hydrogen-bond acceptors (Lipinski definition) is 2. The maximum atomic E-state index is 10.6. The summed E-state index contributed by atoms with van der Waals surface area (Å²) in [5.74, 6) is 0. The van der Waals surface area contributed by atoms with Crippen molar-refractivity contribution in [2.45, 2.75) is 0 Å². The summed E-state index contributed by atoms with van der Waals surface area (Å²) in [6.07, 6.45) is 3.22. The molecule has 0 aromatic carbocycles. The Morgan fingerprint density at radius 1 is 1.44 bits per heavy atom. The summed E-state index contributed by atoms with van der Waals surface area (Å²) < 4.78 is 0. The molecule has 1 aromatic heterocycles. The summed E-state index contributed by atoms with van der Waals surface area (Å²) in [6.45, 7) is 0. The second-order valence-electron chi connectivity index (χ2n) is 1.79. The molecule has 2 nitrogen and oxygen atoms in total. The third-order valence-electron chi connectivity index (χ3n) is 1.09. The zero-order valence-corrected chi connectivity index (χ0v) is 5.16. The van der Waals surface area contributed by atoms with Crippen LogP contribution >= 0.6 is 0 Å². The molecule has 0 bridgehead atoms. The van der Waals surface area contributed by atoms with Gasteiger partial charge in [-0.3, -0.25) is 4.98 Å². The van der Waals surface area contributed by atoms with Crippen LogP contribution in [0.15, 0.2) is 24.5 Å². The van der Waals surface area contributed by atoms with E-state index in [4.69, 9.17) is 0 Å². The van der Waals surface area contributed by atoms with Crippen LogP contribution in [0.3, 0.4) is 0 Å². The van der Waals surface area contributed by atoms with Crippen LogP contribution < -0.4 is 0 Å². The summed E-state index contributed by atoms with van der Waals surface area (Å²) in [6, 6.07) is 3.39. The lowest BCUT2D eigenvalue weighted by molar-refractivity contribution is 0.108. The van der Waals surface area contributed by atoms with Gasteiger partial charge in [-0.05, 0) is 12.1 Å².